The van der Waals surface area contributed by atoms with Crippen LogP contribution in [-0.2, 0) is 0 Å². The molecule has 2 aliphatic heterocycles. The third-order valence-electron chi connectivity index (χ3n) is 6.05. The Morgan fingerprint density at radius 2 is 1.79 bits per heavy atom. The molecule has 0 bridgehead atoms. The quantitative estimate of drug-likeness (QED) is 0.779. The standard InChI is InChI=1S/C22H30N2/c1-2-8-19(9-3-1)10-6-17-24(21-13-14-21)18-20-11-7-16-23-15-5-4-12-22(20)23/h1-3,8-9,20-22H,4-5,7,11-18H2/t20-,22+/m0/s1. The highest BCUT2D eigenvalue weighted by Gasteiger charge is 2.36. The molecule has 0 N–H and O–H groups in total. The molecule has 3 fully saturated rings. The number of hydrogen-bond donors (Lipinski definition) is 0. The summed E-state index contributed by atoms with van der Waals surface area (Å²) in [5.41, 5.74) is 1.14. The van der Waals surface area contributed by atoms with Crippen molar-refractivity contribution in [2.45, 2.75) is 57.0 Å². The first-order chi connectivity index (χ1) is 11.9. The SMILES string of the molecule is C(#Cc1ccccc1)CN(C[C@@H]1CCCN2CCCC[C@H]12)C1CC1. The first-order valence-corrected chi connectivity index (χ1v) is 9.92. The Balaban J connectivity index is 1.38. The minimum atomic E-state index is 0.814. The fourth-order valence-corrected chi connectivity index (χ4v) is 4.64. The number of piperidine rings is 2. The number of benzene rings is 1. The van der Waals surface area contributed by atoms with E-state index < -0.39 is 0 Å². The molecule has 2 heterocycles. The van der Waals surface area contributed by atoms with E-state index in [1.807, 2.05) is 0 Å². The molecule has 2 nitrogen and oxygen atoms in total. The molecule has 3 aliphatic rings. The lowest BCUT2D eigenvalue weighted by Gasteiger charge is -2.45. The van der Waals surface area contributed by atoms with Crippen molar-refractivity contribution in [2.24, 2.45) is 5.92 Å². The fraction of sp³-hybridized carbons (Fsp3) is 0.636. The highest BCUT2D eigenvalue weighted by Crippen LogP contribution is 2.34. The van der Waals surface area contributed by atoms with Crippen LogP contribution in [0.4, 0.5) is 0 Å². The van der Waals surface area contributed by atoms with Crippen LogP contribution in [-0.4, -0.2) is 48.1 Å². The average molecular weight is 322 g/mol. The second kappa shape index (κ2) is 7.72. The van der Waals surface area contributed by atoms with Gasteiger partial charge in [-0.15, -0.1) is 0 Å². The molecule has 1 aromatic carbocycles. The highest BCUT2D eigenvalue weighted by atomic mass is 15.2. The molecule has 0 radical (unpaired) electrons. The first kappa shape index (κ1) is 16.2. The predicted octanol–water partition coefficient (Wildman–Crippen LogP) is 3.77. The summed E-state index contributed by atoms with van der Waals surface area (Å²) in [6.07, 6.45) is 9.87. The lowest BCUT2D eigenvalue weighted by molar-refractivity contribution is 0.0413. The molecule has 2 heteroatoms. The smallest absolute Gasteiger partial charge is 0.0607 e. The third-order valence-corrected chi connectivity index (χ3v) is 6.05. The van der Waals surface area contributed by atoms with E-state index in [1.165, 1.54) is 64.6 Å². The van der Waals surface area contributed by atoms with Crippen molar-refractivity contribution in [3.63, 3.8) is 0 Å². The Morgan fingerprint density at radius 1 is 0.958 bits per heavy atom. The van der Waals surface area contributed by atoms with Gasteiger partial charge in [-0.25, -0.2) is 0 Å². The molecule has 0 amide bonds. The van der Waals surface area contributed by atoms with E-state index in [0.29, 0.717) is 0 Å². The summed E-state index contributed by atoms with van der Waals surface area (Å²) in [4.78, 5) is 5.48. The monoisotopic (exact) mass is 322 g/mol. The summed E-state index contributed by atoms with van der Waals surface area (Å²) < 4.78 is 0. The minimum absolute atomic E-state index is 0.814. The third kappa shape index (κ3) is 4.02. The van der Waals surface area contributed by atoms with Crippen molar-refractivity contribution >= 4 is 0 Å². The van der Waals surface area contributed by atoms with E-state index in [2.05, 4.69) is 52.0 Å². The van der Waals surface area contributed by atoms with Crippen molar-refractivity contribution in [1.82, 2.24) is 9.80 Å². The van der Waals surface area contributed by atoms with Crippen LogP contribution >= 0.6 is 0 Å². The molecule has 4 rings (SSSR count). The van der Waals surface area contributed by atoms with Gasteiger partial charge in [0.1, 0.15) is 0 Å². The van der Waals surface area contributed by atoms with Crippen LogP contribution in [0.2, 0.25) is 0 Å². The maximum atomic E-state index is 3.45. The number of nitrogens with zero attached hydrogens (tertiary/aromatic N) is 2. The maximum absolute atomic E-state index is 3.45. The summed E-state index contributed by atoms with van der Waals surface area (Å²) in [6.45, 7) is 4.91. The van der Waals surface area contributed by atoms with Gasteiger partial charge in [-0.2, -0.15) is 0 Å². The zero-order chi connectivity index (χ0) is 16.2. The lowest BCUT2D eigenvalue weighted by Crippen LogP contribution is -2.51. The largest absolute Gasteiger partial charge is 0.300 e. The predicted molar refractivity (Wildman–Crippen MR) is 99.9 cm³/mol. The molecule has 0 unspecified atom stereocenters. The van der Waals surface area contributed by atoms with Crippen LogP contribution in [0.25, 0.3) is 0 Å². The van der Waals surface area contributed by atoms with E-state index in [4.69, 9.17) is 0 Å². The van der Waals surface area contributed by atoms with E-state index in [1.54, 1.807) is 0 Å². The van der Waals surface area contributed by atoms with E-state index in [-0.39, 0.29) is 0 Å². The molecule has 0 aromatic heterocycles. The van der Waals surface area contributed by atoms with Crippen molar-refractivity contribution in [3.05, 3.63) is 35.9 Å². The van der Waals surface area contributed by atoms with Gasteiger partial charge in [0.2, 0.25) is 0 Å². The molecule has 1 aromatic rings. The van der Waals surface area contributed by atoms with Gasteiger partial charge >= 0.3 is 0 Å². The number of hydrogen-bond acceptors (Lipinski definition) is 2. The first-order valence-electron chi connectivity index (χ1n) is 9.92. The van der Waals surface area contributed by atoms with Crippen LogP contribution in [0.3, 0.4) is 0 Å². The normalized spacial score (nSPS) is 27.4. The molecule has 128 valence electrons. The van der Waals surface area contributed by atoms with E-state index >= 15 is 0 Å². The Kier molecular flexibility index (Phi) is 5.21. The zero-order valence-corrected chi connectivity index (χ0v) is 14.8. The Morgan fingerprint density at radius 3 is 2.62 bits per heavy atom. The average Bonchev–Trinajstić information content (AvgIpc) is 3.47. The minimum Gasteiger partial charge on any atom is -0.300 e. The van der Waals surface area contributed by atoms with E-state index in [0.717, 1.165) is 30.1 Å². The van der Waals surface area contributed by atoms with Crippen molar-refractivity contribution in [2.75, 3.05) is 26.2 Å². The van der Waals surface area contributed by atoms with Crippen LogP contribution in [0.15, 0.2) is 30.3 Å². The molecule has 24 heavy (non-hydrogen) atoms. The molecular formula is C22H30N2. The Bertz CT molecular complexity index is 579. The topological polar surface area (TPSA) is 6.48 Å². The second-order valence-corrected chi connectivity index (χ2v) is 7.83. The van der Waals surface area contributed by atoms with Crippen molar-refractivity contribution < 1.29 is 0 Å². The Hall–Kier alpha value is -1.30. The van der Waals surface area contributed by atoms with Gasteiger partial charge in [0, 0.05) is 24.2 Å². The summed E-state index contributed by atoms with van der Waals surface area (Å²) >= 11 is 0. The summed E-state index contributed by atoms with van der Waals surface area (Å²) in [5, 5.41) is 0. The van der Waals surface area contributed by atoms with Gasteiger partial charge in [0.15, 0.2) is 0 Å². The Labute approximate surface area is 147 Å². The summed E-state index contributed by atoms with van der Waals surface area (Å²) in [7, 11) is 0. The highest BCUT2D eigenvalue weighted by molar-refractivity contribution is 5.33. The van der Waals surface area contributed by atoms with Crippen molar-refractivity contribution in [1.29, 1.82) is 0 Å². The molecule has 2 saturated heterocycles. The lowest BCUT2D eigenvalue weighted by atomic mass is 9.83. The maximum Gasteiger partial charge on any atom is 0.0607 e. The van der Waals surface area contributed by atoms with Crippen LogP contribution in [0.1, 0.15) is 50.5 Å². The van der Waals surface area contributed by atoms with Gasteiger partial charge in [-0.05, 0) is 69.7 Å². The molecule has 1 saturated carbocycles. The summed E-state index contributed by atoms with van der Waals surface area (Å²) in [6, 6.07) is 12.1. The second-order valence-electron chi connectivity index (χ2n) is 7.83. The molecule has 1 aliphatic carbocycles. The van der Waals surface area contributed by atoms with Gasteiger partial charge in [0.25, 0.3) is 0 Å². The number of rotatable bonds is 4. The zero-order valence-electron chi connectivity index (χ0n) is 14.8. The van der Waals surface area contributed by atoms with Crippen LogP contribution in [0.5, 0.6) is 0 Å². The van der Waals surface area contributed by atoms with Crippen molar-refractivity contribution in [3.8, 4) is 11.8 Å². The van der Waals surface area contributed by atoms with Gasteiger partial charge in [0.05, 0.1) is 6.54 Å². The van der Waals surface area contributed by atoms with Gasteiger partial charge in [-0.1, -0.05) is 36.5 Å². The number of fused-ring (bicyclic) bond motifs is 1. The fourth-order valence-electron chi connectivity index (χ4n) is 4.64. The van der Waals surface area contributed by atoms with Crippen LogP contribution in [0, 0.1) is 17.8 Å². The van der Waals surface area contributed by atoms with E-state index in [9.17, 15) is 0 Å². The van der Waals surface area contributed by atoms with Gasteiger partial charge in [-0.3, -0.25) is 4.90 Å². The molecule has 0 spiro atoms. The molecular weight excluding hydrogens is 292 g/mol. The summed E-state index contributed by atoms with van der Waals surface area (Å²) in [5.74, 6) is 7.67. The van der Waals surface area contributed by atoms with Gasteiger partial charge < -0.3 is 4.90 Å². The molecule has 2 atom stereocenters. The van der Waals surface area contributed by atoms with Crippen LogP contribution < -0.4 is 0 Å².